The van der Waals surface area contributed by atoms with E-state index in [0.29, 0.717) is 57.4 Å². The van der Waals surface area contributed by atoms with Crippen molar-refractivity contribution in [2.24, 2.45) is 0 Å². The van der Waals surface area contributed by atoms with Crippen LogP contribution < -0.4 is 14.2 Å². The number of rotatable bonds is 11. The fourth-order valence-corrected chi connectivity index (χ4v) is 4.80. The molecule has 3 atom stereocenters. The van der Waals surface area contributed by atoms with Gasteiger partial charge in [0.15, 0.2) is 0 Å². The zero-order valence-corrected chi connectivity index (χ0v) is 21.2. The second-order valence-corrected chi connectivity index (χ2v) is 9.28. The summed E-state index contributed by atoms with van der Waals surface area (Å²) in [5.41, 5.74) is 4.69. The third kappa shape index (κ3) is 6.00. The van der Waals surface area contributed by atoms with Crippen LogP contribution in [0.3, 0.4) is 0 Å². The summed E-state index contributed by atoms with van der Waals surface area (Å²) in [5, 5.41) is 0. The van der Waals surface area contributed by atoms with Gasteiger partial charge >= 0.3 is 0 Å². The van der Waals surface area contributed by atoms with Crippen LogP contribution in [-0.2, 0) is 22.5 Å². The fraction of sp³-hybridized carbons (Fsp3) is 0.433. The molecule has 3 aromatic rings. The van der Waals surface area contributed by atoms with E-state index in [4.69, 9.17) is 28.7 Å². The van der Waals surface area contributed by atoms with E-state index in [-0.39, 0.29) is 6.10 Å². The van der Waals surface area contributed by atoms with Crippen molar-refractivity contribution in [3.63, 3.8) is 0 Å². The second-order valence-electron chi connectivity index (χ2n) is 9.28. The zero-order chi connectivity index (χ0) is 24.7. The van der Waals surface area contributed by atoms with E-state index < -0.39 is 0 Å². The molecule has 190 valence electrons. The quantitative estimate of drug-likeness (QED) is 0.345. The van der Waals surface area contributed by atoms with Crippen LogP contribution in [0.5, 0.6) is 17.4 Å². The zero-order valence-electron chi connectivity index (χ0n) is 21.2. The smallest absolute Gasteiger partial charge is 0.217 e. The lowest BCUT2D eigenvalue weighted by molar-refractivity contribution is -0.102. The van der Waals surface area contributed by atoms with Gasteiger partial charge in [-0.25, -0.2) is 4.98 Å². The molecular weight excluding hydrogens is 454 g/mol. The molecule has 3 unspecified atom stereocenters. The van der Waals surface area contributed by atoms with Crippen molar-refractivity contribution in [2.75, 3.05) is 33.0 Å². The number of benzene rings is 2. The van der Waals surface area contributed by atoms with E-state index in [1.54, 1.807) is 0 Å². The van der Waals surface area contributed by atoms with Gasteiger partial charge < -0.3 is 23.7 Å². The van der Waals surface area contributed by atoms with E-state index in [9.17, 15) is 0 Å². The topological polar surface area (TPSA) is 59.0 Å². The number of hydrogen-bond donors (Lipinski definition) is 0. The molecule has 5 rings (SSSR count). The maximum absolute atomic E-state index is 6.36. The van der Waals surface area contributed by atoms with Gasteiger partial charge in [-0.3, -0.25) is 0 Å². The third-order valence-corrected chi connectivity index (χ3v) is 6.75. The van der Waals surface area contributed by atoms with Crippen molar-refractivity contribution >= 4 is 0 Å². The highest BCUT2D eigenvalue weighted by Gasteiger charge is 2.42. The highest BCUT2D eigenvalue weighted by molar-refractivity contribution is 5.47. The Morgan fingerprint density at radius 2 is 1.75 bits per heavy atom. The van der Waals surface area contributed by atoms with Gasteiger partial charge in [-0.05, 0) is 48.9 Å². The lowest BCUT2D eigenvalue weighted by Crippen LogP contribution is -2.33. The molecule has 1 saturated heterocycles. The Hall–Kier alpha value is -3.09. The summed E-state index contributed by atoms with van der Waals surface area (Å²) in [4.78, 5) is 5.01. The summed E-state index contributed by atoms with van der Waals surface area (Å²) < 4.78 is 29.4. The minimum atomic E-state index is -0.0823. The average Bonchev–Trinajstić information content (AvgIpc) is 3.73. The van der Waals surface area contributed by atoms with Gasteiger partial charge in [-0.15, -0.1) is 0 Å². The fourth-order valence-electron chi connectivity index (χ4n) is 4.80. The van der Waals surface area contributed by atoms with Crippen molar-refractivity contribution < 1.29 is 23.7 Å². The number of aromatic nitrogens is 1. The first kappa shape index (κ1) is 24.6. The largest absolute Gasteiger partial charge is 0.494 e. The summed E-state index contributed by atoms with van der Waals surface area (Å²) in [6.45, 7) is 7.52. The van der Waals surface area contributed by atoms with Crippen LogP contribution in [0.4, 0.5) is 0 Å². The Bertz CT molecular complexity index is 1110. The maximum atomic E-state index is 6.36. The van der Waals surface area contributed by atoms with Gasteiger partial charge in [-0.2, -0.15) is 0 Å². The van der Waals surface area contributed by atoms with Gasteiger partial charge in [0.25, 0.3) is 0 Å². The lowest BCUT2D eigenvalue weighted by atomic mass is 10.0. The Morgan fingerprint density at radius 1 is 0.917 bits per heavy atom. The van der Waals surface area contributed by atoms with Crippen molar-refractivity contribution in [2.45, 2.75) is 51.2 Å². The van der Waals surface area contributed by atoms with Gasteiger partial charge in [-0.1, -0.05) is 49.4 Å². The molecular formula is C30H35NO5. The number of nitrogens with zero attached hydrogens (tertiary/aromatic N) is 1. The molecule has 0 amide bonds. The minimum absolute atomic E-state index is 0.0823. The summed E-state index contributed by atoms with van der Waals surface area (Å²) in [7, 11) is 0. The predicted molar refractivity (Wildman–Crippen MR) is 138 cm³/mol. The molecule has 1 aliphatic heterocycles. The van der Waals surface area contributed by atoms with Gasteiger partial charge in [0.2, 0.25) is 5.88 Å². The number of pyridine rings is 1. The molecule has 36 heavy (non-hydrogen) atoms. The molecule has 6 nitrogen and oxygen atoms in total. The van der Waals surface area contributed by atoms with Crippen molar-refractivity contribution in [3.05, 3.63) is 83.0 Å². The first-order chi connectivity index (χ1) is 17.7. The van der Waals surface area contributed by atoms with E-state index in [1.807, 2.05) is 31.2 Å². The minimum Gasteiger partial charge on any atom is -0.494 e. The number of hydrogen-bond acceptors (Lipinski definition) is 6. The number of ether oxygens (including phenoxy) is 5. The first-order valence-corrected chi connectivity index (χ1v) is 13.0. The second kappa shape index (κ2) is 11.8. The van der Waals surface area contributed by atoms with Crippen LogP contribution in [0, 0.1) is 0 Å². The van der Waals surface area contributed by atoms with E-state index >= 15 is 0 Å². The van der Waals surface area contributed by atoms with E-state index in [2.05, 4.69) is 43.3 Å². The predicted octanol–water partition coefficient (Wildman–Crippen LogP) is 5.69. The van der Waals surface area contributed by atoms with Crippen LogP contribution in [-0.4, -0.2) is 44.1 Å². The van der Waals surface area contributed by atoms with Crippen molar-refractivity contribution in [1.29, 1.82) is 0 Å². The monoisotopic (exact) mass is 489 g/mol. The maximum Gasteiger partial charge on any atom is 0.217 e. The molecule has 2 aromatic carbocycles. The molecule has 0 N–H and O–H groups in total. The Labute approximate surface area is 213 Å². The Balaban J connectivity index is 1.38. The third-order valence-electron chi connectivity index (χ3n) is 6.75. The Morgan fingerprint density at radius 3 is 2.47 bits per heavy atom. The lowest BCUT2D eigenvalue weighted by Gasteiger charge is -2.23. The molecule has 0 radical (unpaired) electrons. The van der Waals surface area contributed by atoms with Crippen LogP contribution in [0.1, 0.15) is 54.5 Å². The highest BCUT2D eigenvalue weighted by atomic mass is 16.6. The average molecular weight is 490 g/mol. The van der Waals surface area contributed by atoms with Crippen LogP contribution >= 0.6 is 0 Å². The summed E-state index contributed by atoms with van der Waals surface area (Å²) in [5.74, 6) is 3.11. The highest BCUT2D eigenvalue weighted by Crippen LogP contribution is 2.56. The van der Waals surface area contributed by atoms with E-state index in [1.165, 1.54) is 5.56 Å². The van der Waals surface area contributed by atoms with Crippen LogP contribution in [0.2, 0.25) is 0 Å². The van der Waals surface area contributed by atoms with Crippen LogP contribution in [0.25, 0.3) is 0 Å². The van der Waals surface area contributed by atoms with Crippen molar-refractivity contribution in [1.82, 2.24) is 4.98 Å². The van der Waals surface area contributed by atoms with Crippen molar-refractivity contribution in [3.8, 4) is 17.4 Å². The molecule has 2 aliphatic rings. The SMILES string of the molecule is CCOc1ccc(C2CC2c2nc(OCC3COCCO3)cc(OCc3ccccc3)c2CC)cc1. The van der Waals surface area contributed by atoms with Gasteiger partial charge in [0.05, 0.1) is 32.1 Å². The molecule has 1 aliphatic carbocycles. The molecule has 2 fully saturated rings. The Kier molecular flexibility index (Phi) is 8.04. The summed E-state index contributed by atoms with van der Waals surface area (Å²) >= 11 is 0. The molecule has 2 heterocycles. The molecule has 0 bridgehead atoms. The van der Waals surface area contributed by atoms with Gasteiger partial charge in [0, 0.05) is 17.5 Å². The van der Waals surface area contributed by atoms with Gasteiger partial charge in [0.1, 0.15) is 30.8 Å². The summed E-state index contributed by atoms with van der Waals surface area (Å²) in [6.07, 6.45) is 1.83. The normalized spacial score (nSPS) is 21.1. The molecule has 0 spiro atoms. The van der Waals surface area contributed by atoms with E-state index in [0.717, 1.165) is 41.2 Å². The van der Waals surface area contributed by atoms with Crippen LogP contribution in [0.15, 0.2) is 60.7 Å². The molecule has 1 saturated carbocycles. The molecule has 6 heteroatoms. The summed E-state index contributed by atoms with van der Waals surface area (Å²) in [6, 6.07) is 20.6. The standard InChI is InChI=1S/C30H35NO5/c1-3-25-28(35-18-21-8-6-5-7-9-21)17-29(36-20-24-19-32-14-15-34-24)31-30(25)27-16-26(27)22-10-12-23(13-11-22)33-4-2/h5-13,17,24,26-27H,3-4,14-16,18-20H2,1-2H3. The first-order valence-electron chi connectivity index (χ1n) is 13.0. The molecule has 1 aromatic heterocycles.